The highest BCUT2D eigenvalue weighted by Gasteiger charge is 2.32. The topological polar surface area (TPSA) is 252 Å². The summed E-state index contributed by atoms with van der Waals surface area (Å²) in [5.41, 5.74) is 16.4. The summed E-state index contributed by atoms with van der Waals surface area (Å²) < 4.78 is 0. The van der Waals surface area contributed by atoms with Gasteiger partial charge in [0.1, 0.15) is 18.1 Å². The molecule has 0 bridgehead atoms. The van der Waals surface area contributed by atoms with E-state index >= 15 is 0 Å². The van der Waals surface area contributed by atoms with E-state index in [1.54, 1.807) is 13.8 Å². The van der Waals surface area contributed by atoms with Crippen molar-refractivity contribution in [1.82, 2.24) is 16.0 Å². The molecule has 0 heterocycles. The van der Waals surface area contributed by atoms with Gasteiger partial charge in [-0.05, 0) is 37.5 Å². The molecule has 14 heteroatoms. The van der Waals surface area contributed by atoms with Crippen LogP contribution in [-0.4, -0.2) is 76.5 Å². The van der Waals surface area contributed by atoms with Gasteiger partial charge in [0.2, 0.25) is 17.7 Å². The van der Waals surface area contributed by atoms with Gasteiger partial charge in [0.05, 0.1) is 6.04 Å². The number of carboxylic acid groups (broad SMARTS) is 2. The third-order valence-corrected chi connectivity index (χ3v) is 5.15. The van der Waals surface area contributed by atoms with Gasteiger partial charge in [0.25, 0.3) is 0 Å². The number of hydrogen-bond donors (Lipinski definition) is 8. The molecular weight excluding hydrogens is 474 g/mol. The summed E-state index contributed by atoms with van der Waals surface area (Å²) in [5, 5.41) is 25.6. The highest BCUT2D eigenvalue weighted by atomic mass is 16.4. The molecule has 4 unspecified atom stereocenters. The number of carboxylic acids is 2. The van der Waals surface area contributed by atoms with Crippen molar-refractivity contribution < 1.29 is 34.2 Å². The summed E-state index contributed by atoms with van der Waals surface area (Å²) in [5.74, 6) is -5.02. The molecule has 0 radical (unpaired) electrons. The number of carbonyl (C=O) groups excluding carboxylic acids is 3. The highest BCUT2D eigenvalue weighted by molar-refractivity contribution is 5.94. The summed E-state index contributed by atoms with van der Waals surface area (Å²) >= 11 is 0. The fraction of sp³-hybridized carbons (Fsp3) is 0.727. The summed E-state index contributed by atoms with van der Waals surface area (Å²) in [6.07, 6.45) is 0.150. The summed E-state index contributed by atoms with van der Waals surface area (Å²) in [4.78, 5) is 64.4. The monoisotopic (exact) mass is 515 g/mol. The lowest BCUT2D eigenvalue weighted by Gasteiger charge is -2.27. The SMILES string of the molecule is CC(C)CC(NC(=O)C(NC(=O)C(N)CCCN=C(N)N)C(C)C)C(=O)NC(CCC(=O)O)C(=O)O. The molecule has 0 aromatic rings. The molecule has 14 nitrogen and oxygen atoms in total. The van der Waals surface area contributed by atoms with Crippen LogP contribution in [0.4, 0.5) is 0 Å². The maximum Gasteiger partial charge on any atom is 0.326 e. The molecule has 4 atom stereocenters. The highest BCUT2D eigenvalue weighted by Crippen LogP contribution is 2.10. The first-order valence-electron chi connectivity index (χ1n) is 11.8. The second-order valence-electron chi connectivity index (χ2n) is 9.31. The van der Waals surface area contributed by atoms with Gasteiger partial charge < -0.3 is 43.4 Å². The Labute approximate surface area is 210 Å². The number of hydrogen-bond acceptors (Lipinski definition) is 7. The average Bonchev–Trinajstić information content (AvgIpc) is 2.75. The van der Waals surface area contributed by atoms with Gasteiger partial charge in [-0.3, -0.25) is 24.2 Å². The van der Waals surface area contributed by atoms with E-state index < -0.39 is 60.2 Å². The Bertz CT molecular complexity index is 798. The number of aliphatic imine (C=N–C) groups is 1. The lowest BCUT2D eigenvalue weighted by molar-refractivity contribution is -0.143. The Morgan fingerprint density at radius 1 is 0.833 bits per heavy atom. The quantitative estimate of drug-likeness (QED) is 0.0630. The molecule has 36 heavy (non-hydrogen) atoms. The van der Waals surface area contributed by atoms with E-state index in [9.17, 15) is 29.1 Å². The second-order valence-corrected chi connectivity index (χ2v) is 9.31. The fourth-order valence-corrected chi connectivity index (χ4v) is 3.21. The third-order valence-electron chi connectivity index (χ3n) is 5.15. The van der Waals surface area contributed by atoms with Crippen molar-refractivity contribution in [2.75, 3.05) is 6.54 Å². The van der Waals surface area contributed by atoms with Crippen molar-refractivity contribution in [2.24, 2.45) is 34.0 Å². The minimum absolute atomic E-state index is 0.0472. The number of carbonyl (C=O) groups is 5. The Morgan fingerprint density at radius 3 is 1.89 bits per heavy atom. The molecule has 0 spiro atoms. The van der Waals surface area contributed by atoms with Gasteiger partial charge in [-0.25, -0.2) is 4.79 Å². The summed E-state index contributed by atoms with van der Waals surface area (Å²) in [6.45, 7) is 7.34. The van der Waals surface area contributed by atoms with Crippen molar-refractivity contribution in [1.29, 1.82) is 0 Å². The Morgan fingerprint density at radius 2 is 1.42 bits per heavy atom. The number of guanidine groups is 1. The van der Waals surface area contributed by atoms with Crippen molar-refractivity contribution in [3.05, 3.63) is 0 Å². The number of aliphatic carboxylic acids is 2. The first kappa shape index (κ1) is 32.6. The van der Waals surface area contributed by atoms with E-state index in [1.807, 2.05) is 13.8 Å². The number of rotatable bonds is 17. The van der Waals surface area contributed by atoms with E-state index in [2.05, 4.69) is 20.9 Å². The predicted octanol–water partition coefficient (Wildman–Crippen LogP) is -1.53. The number of amides is 3. The average molecular weight is 516 g/mol. The van der Waals surface area contributed by atoms with Gasteiger partial charge >= 0.3 is 11.9 Å². The minimum atomic E-state index is -1.43. The van der Waals surface area contributed by atoms with Crippen molar-refractivity contribution in [3.8, 4) is 0 Å². The molecule has 3 amide bonds. The Hall–Kier alpha value is -3.42. The van der Waals surface area contributed by atoms with E-state index in [-0.39, 0.29) is 37.1 Å². The van der Waals surface area contributed by atoms with E-state index in [0.29, 0.717) is 13.0 Å². The molecule has 0 aliphatic heterocycles. The molecule has 0 aromatic heterocycles. The molecule has 0 aromatic carbocycles. The molecular formula is C22H41N7O7. The Kier molecular flexibility index (Phi) is 14.7. The number of nitrogens with zero attached hydrogens (tertiary/aromatic N) is 1. The van der Waals surface area contributed by atoms with Crippen molar-refractivity contribution >= 4 is 35.6 Å². The lowest BCUT2D eigenvalue weighted by atomic mass is 9.99. The van der Waals surface area contributed by atoms with Crippen LogP contribution in [0, 0.1) is 11.8 Å². The van der Waals surface area contributed by atoms with Crippen LogP contribution in [0.2, 0.25) is 0 Å². The van der Waals surface area contributed by atoms with E-state index in [1.165, 1.54) is 0 Å². The minimum Gasteiger partial charge on any atom is -0.481 e. The zero-order valence-corrected chi connectivity index (χ0v) is 21.3. The van der Waals surface area contributed by atoms with Gasteiger partial charge in [0.15, 0.2) is 5.96 Å². The zero-order chi connectivity index (χ0) is 28.0. The molecule has 0 aliphatic rings. The van der Waals surface area contributed by atoms with Crippen LogP contribution < -0.4 is 33.2 Å². The second kappa shape index (κ2) is 16.3. The van der Waals surface area contributed by atoms with Gasteiger partial charge in [-0.15, -0.1) is 0 Å². The molecule has 0 aliphatic carbocycles. The largest absolute Gasteiger partial charge is 0.481 e. The Balaban J connectivity index is 5.33. The van der Waals surface area contributed by atoms with Crippen LogP contribution in [0.3, 0.4) is 0 Å². The van der Waals surface area contributed by atoms with Crippen LogP contribution in [0.25, 0.3) is 0 Å². The lowest BCUT2D eigenvalue weighted by Crippen LogP contribution is -2.58. The van der Waals surface area contributed by atoms with Crippen LogP contribution in [0.1, 0.15) is 59.8 Å². The molecule has 11 N–H and O–H groups in total. The predicted molar refractivity (Wildman–Crippen MR) is 132 cm³/mol. The van der Waals surface area contributed by atoms with E-state index in [0.717, 1.165) is 0 Å². The molecule has 0 saturated carbocycles. The first-order valence-corrected chi connectivity index (χ1v) is 11.8. The van der Waals surface area contributed by atoms with Crippen LogP contribution in [-0.2, 0) is 24.0 Å². The first-order chi connectivity index (χ1) is 16.6. The fourth-order valence-electron chi connectivity index (χ4n) is 3.21. The molecule has 0 saturated heterocycles. The van der Waals surface area contributed by atoms with Crippen molar-refractivity contribution in [2.45, 2.75) is 84.0 Å². The standard InChI is InChI=1S/C22H41N7O7/c1-11(2)10-15(19(33)27-14(21(35)36)7-8-16(30)31)28-20(34)17(12(3)4)29-18(32)13(23)6-5-9-26-22(24)25/h11-15,17H,5-10,23H2,1-4H3,(H,27,33)(H,28,34)(H,29,32)(H,30,31)(H,35,36)(H4,24,25,26). The number of nitrogens with two attached hydrogens (primary N) is 3. The summed E-state index contributed by atoms with van der Waals surface area (Å²) in [7, 11) is 0. The van der Waals surface area contributed by atoms with E-state index in [4.69, 9.17) is 22.3 Å². The molecule has 0 rings (SSSR count). The van der Waals surface area contributed by atoms with Crippen LogP contribution >= 0.6 is 0 Å². The normalized spacial score (nSPS) is 14.3. The van der Waals surface area contributed by atoms with Gasteiger partial charge in [-0.2, -0.15) is 0 Å². The number of nitrogens with one attached hydrogen (secondary N) is 3. The van der Waals surface area contributed by atoms with Gasteiger partial charge in [0, 0.05) is 13.0 Å². The maximum atomic E-state index is 13.0. The van der Waals surface area contributed by atoms with Crippen LogP contribution in [0.15, 0.2) is 4.99 Å². The molecule has 206 valence electrons. The summed E-state index contributed by atoms with van der Waals surface area (Å²) in [6, 6.07) is -4.45. The van der Waals surface area contributed by atoms with Crippen molar-refractivity contribution in [3.63, 3.8) is 0 Å². The maximum absolute atomic E-state index is 13.0. The van der Waals surface area contributed by atoms with Gasteiger partial charge in [-0.1, -0.05) is 27.7 Å². The van der Waals surface area contributed by atoms with Crippen LogP contribution in [0.5, 0.6) is 0 Å². The smallest absolute Gasteiger partial charge is 0.326 e. The zero-order valence-electron chi connectivity index (χ0n) is 21.3. The third kappa shape index (κ3) is 13.5. The molecule has 0 fully saturated rings.